The Labute approximate surface area is 154 Å². The standard InChI is InChI=1S/C17H18ClN3O5/c1-26-14(23)11-8-10(4-5-12(11)18)19-13(22)9-21-15(24)17(20-16(21)25)6-2-3-7-17/h4-5,8H,2-3,6-7,9H2,1H3,(H,19,22)(H,20,25). The molecule has 0 unspecified atom stereocenters. The van der Waals surface area contributed by atoms with Crippen LogP contribution in [0.25, 0.3) is 0 Å². The summed E-state index contributed by atoms with van der Waals surface area (Å²) < 4.78 is 4.62. The molecule has 8 nitrogen and oxygen atoms in total. The van der Waals surface area contributed by atoms with Gasteiger partial charge in [0.05, 0.1) is 17.7 Å². The van der Waals surface area contributed by atoms with Gasteiger partial charge in [-0.3, -0.25) is 14.5 Å². The first-order valence-electron chi connectivity index (χ1n) is 8.18. The number of hydrogen-bond acceptors (Lipinski definition) is 5. The van der Waals surface area contributed by atoms with E-state index in [4.69, 9.17) is 11.6 Å². The molecule has 2 fully saturated rings. The van der Waals surface area contributed by atoms with E-state index in [-0.39, 0.29) is 16.5 Å². The lowest BCUT2D eigenvalue weighted by Gasteiger charge is -2.19. The highest BCUT2D eigenvalue weighted by Crippen LogP contribution is 2.35. The number of ether oxygens (including phenoxy) is 1. The third-order valence-electron chi connectivity index (χ3n) is 4.66. The second-order valence-electron chi connectivity index (χ2n) is 6.35. The summed E-state index contributed by atoms with van der Waals surface area (Å²) in [6.07, 6.45) is 2.92. The summed E-state index contributed by atoms with van der Waals surface area (Å²) in [6, 6.07) is 3.77. The van der Waals surface area contributed by atoms with Crippen LogP contribution in [0.5, 0.6) is 0 Å². The van der Waals surface area contributed by atoms with Crippen molar-refractivity contribution in [3.05, 3.63) is 28.8 Å². The van der Waals surface area contributed by atoms with Gasteiger partial charge in [-0.15, -0.1) is 0 Å². The van der Waals surface area contributed by atoms with Gasteiger partial charge < -0.3 is 15.4 Å². The SMILES string of the molecule is COC(=O)c1cc(NC(=O)CN2C(=O)NC3(CCCC3)C2=O)ccc1Cl. The molecule has 1 aliphatic heterocycles. The Morgan fingerprint density at radius 1 is 1.31 bits per heavy atom. The van der Waals surface area contributed by atoms with E-state index in [2.05, 4.69) is 15.4 Å². The molecule has 9 heteroatoms. The number of benzene rings is 1. The number of nitrogens with zero attached hydrogens (tertiary/aromatic N) is 1. The minimum atomic E-state index is -0.851. The number of halogens is 1. The number of methoxy groups -OCH3 is 1. The molecule has 3 rings (SSSR count). The Morgan fingerprint density at radius 3 is 2.65 bits per heavy atom. The summed E-state index contributed by atoms with van der Waals surface area (Å²) in [4.78, 5) is 49.5. The van der Waals surface area contributed by atoms with Crippen molar-refractivity contribution in [2.45, 2.75) is 31.2 Å². The second-order valence-corrected chi connectivity index (χ2v) is 6.75. The van der Waals surface area contributed by atoms with Gasteiger partial charge in [-0.1, -0.05) is 24.4 Å². The van der Waals surface area contributed by atoms with Crippen molar-refractivity contribution >= 4 is 41.1 Å². The minimum Gasteiger partial charge on any atom is -0.465 e. The number of esters is 1. The Bertz CT molecular complexity index is 789. The van der Waals surface area contributed by atoms with Gasteiger partial charge in [0.15, 0.2) is 0 Å². The average molecular weight is 380 g/mol. The first kappa shape index (κ1) is 18.2. The molecular weight excluding hydrogens is 362 g/mol. The lowest BCUT2D eigenvalue weighted by Crippen LogP contribution is -2.44. The molecule has 138 valence electrons. The maximum atomic E-state index is 12.5. The van der Waals surface area contributed by atoms with Crippen LogP contribution in [0, 0.1) is 0 Å². The first-order valence-corrected chi connectivity index (χ1v) is 8.56. The monoisotopic (exact) mass is 379 g/mol. The summed E-state index contributed by atoms with van der Waals surface area (Å²) in [5.74, 6) is -1.55. The number of amides is 4. The van der Waals surface area contributed by atoms with Crippen LogP contribution in [-0.4, -0.2) is 47.9 Å². The predicted molar refractivity (Wildman–Crippen MR) is 92.9 cm³/mol. The highest BCUT2D eigenvalue weighted by molar-refractivity contribution is 6.33. The van der Waals surface area contributed by atoms with E-state index in [0.29, 0.717) is 18.5 Å². The number of carbonyl (C=O) groups is 4. The predicted octanol–water partition coefficient (Wildman–Crippen LogP) is 1.93. The van der Waals surface area contributed by atoms with Crippen LogP contribution in [0.4, 0.5) is 10.5 Å². The maximum absolute atomic E-state index is 12.5. The number of hydrogen-bond donors (Lipinski definition) is 2. The highest BCUT2D eigenvalue weighted by atomic mass is 35.5. The zero-order chi connectivity index (χ0) is 18.9. The topological polar surface area (TPSA) is 105 Å². The number of nitrogens with one attached hydrogen (secondary N) is 2. The molecule has 4 amide bonds. The first-order chi connectivity index (χ1) is 12.4. The fraction of sp³-hybridized carbons (Fsp3) is 0.412. The molecular formula is C17H18ClN3O5. The van der Waals surface area contributed by atoms with Crippen molar-refractivity contribution in [3.8, 4) is 0 Å². The summed E-state index contributed by atoms with van der Waals surface area (Å²) >= 11 is 5.93. The van der Waals surface area contributed by atoms with Crippen molar-refractivity contribution in [1.29, 1.82) is 0 Å². The highest BCUT2D eigenvalue weighted by Gasteiger charge is 2.52. The van der Waals surface area contributed by atoms with Gasteiger partial charge >= 0.3 is 12.0 Å². The van der Waals surface area contributed by atoms with Crippen molar-refractivity contribution < 1.29 is 23.9 Å². The number of urea groups is 1. The van der Waals surface area contributed by atoms with E-state index in [9.17, 15) is 19.2 Å². The molecule has 0 atom stereocenters. The molecule has 0 bridgehead atoms. The molecule has 1 saturated heterocycles. The van der Waals surface area contributed by atoms with Gasteiger partial charge in [-0.2, -0.15) is 0 Å². The zero-order valence-corrected chi connectivity index (χ0v) is 14.9. The van der Waals surface area contributed by atoms with E-state index in [0.717, 1.165) is 17.7 Å². The van der Waals surface area contributed by atoms with Crippen molar-refractivity contribution in [3.63, 3.8) is 0 Å². The molecule has 1 heterocycles. The molecule has 2 N–H and O–H groups in total. The minimum absolute atomic E-state index is 0.104. The van der Waals surface area contributed by atoms with E-state index in [1.165, 1.54) is 25.3 Å². The van der Waals surface area contributed by atoms with Crippen molar-refractivity contribution in [2.75, 3.05) is 19.0 Å². The Kier molecular flexibility index (Phi) is 4.86. The quantitative estimate of drug-likeness (QED) is 0.614. The molecule has 1 spiro atoms. The number of rotatable bonds is 4. The lowest BCUT2D eigenvalue weighted by molar-refractivity contribution is -0.133. The third-order valence-corrected chi connectivity index (χ3v) is 4.99. The van der Waals surface area contributed by atoms with Crippen LogP contribution in [0.1, 0.15) is 36.0 Å². The van der Waals surface area contributed by atoms with Gasteiger partial charge in [-0.25, -0.2) is 9.59 Å². The summed E-state index contributed by atoms with van der Waals surface area (Å²) in [7, 11) is 1.22. The summed E-state index contributed by atoms with van der Waals surface area (Å²) in [6.45, 7) is -0.400. The van der Waals surface area contributed by atoms with Crippen LogP contribution in [0.15, 0.2) is 18.2 Å². The van der Waals surface area contributed by atoms with Gasteiger partial charge in [0.25, 0.3) is 5.91 Å². The van der Waals surface area contributed by atoms with E-state index in [1.54, 1.807) is 0 Å². The second kappa shape index (κ2) is 6.95. The van der Waals surface area contributed by atoms with Crippen LogP contribution in [0.3, 0.4) is 0 Å². The Morgan fingerprint density at radius 2 is 2.00 bits per heavy atom. The third kappa shape index (κ3) is 3.24. The number of anilines is 1. The van der Waals surface area contributed by atoms with E-state index >= 15 is 0 Å². The normalized spacial score (nSPS) is 18.2. The van der Waals surface area contributed by atoms with Crippen LogP contribution in [-0.2, 0) is 14.3 Å². The van der Waals surface area contributed by atoms with Crippen LogP contribution < -0.4 is 10.6 Å². The molecule has 26 heavy (non-hydrogen) atoms. The molecule has 0 aromatic heterocycles. The van der Waals surface area contributed by atoms with Crippen molar-refractivity contribution in [1.82, 2.24) is 10.2 Å². The van der Waals surface area contributed by atoms with Crippen LogP contribution in [0.2, 0.25) is 5.02 Å². The summed E-state index contributed by atoms with van der Waals surface area (Å²) in [5.41, 5.74) is -0.440. The summed E-state index contributed by atoms with van der Waals surface area (Å²) in [5, 5.41) is 5.46. The zero-order valence-electron chi connectivity index (χ0n) is 14.1. The average Bonchev–Trinajstić information content (AvgIpc) is 3.17. The van der Waals surface area contributed by atoms with Crippen molar-refractivity contribution in [2.24, 2.45) is 0 Å². The maximum Gasteiger partial charge on any atom is 0.339 e. The van der Waals surface area contributed by atoms with Gasteiger partial charge in [0.1, 0.15) is 12.1 Å². The Hall–Kier alpha value is -2.61. The molecule has 1 aromatic rings. The fourth-order valence-corrected chi connectivity index (χ4v) is 3.55. The van der Waals surface area contributed by atoms with Gasteiger partial charge in [-0.05, 0) is 31.0 Å². The largest absolute Gasteiger partial charge is 0.465 e. The molecule has 1 aliphatic carbocycles. The van der Waals surface area contributed by atoms with E-state index < -0.39 is 30.0 Å². The number of imide groups is 1. The van der Waals surface area contributed by atoms with E-state index in [1.807, 2.05) is 0 Å². The molecule has 0 radical (unpaired) electrons. The Balaban J connectivity index is 1.69. The lowest BCUT2D eigenvalue weighted by atomic mass is 9.98. The molecule has 2 aliphatic rings. The smallest absolute Gasteiger partial charge is 0.339 e. The van der Waals surface area contributed by atoms with Gasteiger partial charge in [0, 0.05) is 5.69 Å². The number of carbonyl (C=O) groups excluding carboxylic acids is 4. The molecule has 1 saturated carbocycles. The molecule has 1 aromatic carbocycles. The fourth-order valence-electron chi connectivity index (χ4n) is 3.35. The van der Waals surface area contributed by atoms with Gasteiger partial charge in [0.2, 0.25) is 5.91 Å². The van der Waals surface area contributed by atoms with Crippen LogP contribution >= 0.6 is 11.6 Å².